The van der Waals surface area contributed by atoms with Gasteiger partial charge in [0, 0.05) is 17.3 Å². The predicted octanol–water partition coefficient (Wildman–Crippen LogP) is 5.05. The lowest BCUT2D eigenvalue weighted by atomic mass is 10.00. The maximum Gasteiger partial charge on any atom is 0.294 e. The van der Waals surface area contributed by atoms with E-state index < -0.39 is 11.9 Å². The van der Waals surface area contributed by atoms with E-state index in [1.165, 1.54) is 18.3 Å². The summed E-state index contributed by atoms with van der Waals surface area (Å²) < 4.78 is 16.6. The molecular formula is C27H30N2O5. The fraction of sp³-hybridized carbons (Fsp3) is 0.333. The number of nitrogens with one attached hydrogen (secondary N) is 1. The Morgan fingerprint density at radius 2 is 1.74 bits per heavy atom. The number of ether oxygens (including phenoxy) is 2. The lowest BCUT2D eigenvalue weighted by Crippen LogP contribution is -2.46. The van der Waals surface area contributed by atoms with Crippen LogP contribution in [0.25, 0.3) is 0 Å². The third-order valence-corrected chi connectivity index (χ3v) is 6.20. The van der Waals surface area contributed by atoms with Crippen molar-refractivity contribution in [2.45, 2.75) is 44.7 Å². The molecule has 4 rings (SSSR count). The molecule has 1 aliphatic rings. The number of carbonyl (C=O) groups is 2. The molecule has 2 amide bonds. The van der Waals surface area contributed by atoms with E-state index in [-0.39, 0.29) is 17.7 Å². The maximum atomic E-state index is 13.9. The zero-order valence-corrected chi connectivity index (χ0v) is 19.7. The van der Waals surface area contributed by atoms with Gasteiger partial charge in [0.2, 0.25) is 5.91 Å². The van der Waals surface area contributed by atoms with Crippen molar-refractivity contribution < 1.29 is 23.5 Å². The van der Waals surface area contributed by atoms with Crippen molar-refractivity contribution in [1.82, 2.24) is 5.32 Å². The first-order valence-electron chi connectivity index (χ1n) is 11.5. The summed E-state index contributed by atoms with van der Waals surface area (Å²) in [5, 5.41) is 3.17. The van der Waals surface area contributed by atoms with Gasteiger partial charge in [-0.3, -0.25) is 14.5 Å². The normalized spacial score (nSPS) is 14.4. The third kappa shape index (κ3) is 4.78. The number of hydrogen-bond donors (Lipinski definition) is 1. The molecule has 1 atom stereocenters. The van der Waals surface area contributed by atoms with Gasteiger partial charge in [0.25, 0.3) is 5.91 Å². The summed E-state index contributed by atoms with van der Waals surface area (Å²) in [5.41, 5.74) is 2.14. The first-order chi connectivity index (χ1) is 16.5. The molecule has 0 bridgehead atoms. The molecule has 1 saturated carbocycles. The van der Waals surface area contributed by atoms with Crippen LogP contribution >= 0.6 is 0 Å². The quantitative estimate of drug-likeness (QED) is 0.507. The molecular weight excluding hydrogens is 432 g/mol. The van der Waals surface area contributed by atoms with Gasteiger partial charge in [-0.05, 0) is 50.1 Å². The lowest BCUT2D eigenvalue weighted by Gasteiger charge is -2.32. The molecule has 0 spiro atoms. The summed E-state index contributed by atoms with van der Waals surface area (Å²) in [6.07, 6.45) is 5.44. The highest BCUT2D eigenvalue weighted by Gasteiger charge is 2.38. The molecule has 0 aliphatic heterocycles. The van der Waals surface area contributed by atoms with Crippen LogP contribution in [-0.2, 0) is 4.79 Å². The Labute approximate surface area is 199 Å². The number of aryl methyl sites for hydroxylation is 1. The van der Waals surface area contributed by atoms with Crippen LogP contribution in [0.5, 0.6) is 11.5 Å². The summed E-state index contributed by atoms with van der Waals surface area (Å²) in [5.74, 6) is 0.319. The van der Waals surface area contributed by atoms with Crippen molar-refractivity contribution >= 4 is 17.5 Å². The number of para-hydroxylation sites is 1. The topological polar surface area (TPSA) is 81.0 Å². The minimum atomic E-state index is -1.01. The molecule has 3 aromatic rings. The van der Waals surface area contributed by atoms with Crippen LogP contribution in [0.4, 0.5) is 5.69 Å². The first-order valence-corrected chi connectivity index (χ1v) is 11.5. The standard InChI is InChI=1S/C27H30N2O5/c1-18-13-15-20(16-14-18)29(27(31)23-12-7-17-34-23)24(26(30)28-19-8-4-5-9-19)21-10-6-11-22(32-2)25(21)33-3/h6-7,10-17,19,24H,4-5,8-9H2,1-3H3,(H,28,30)/t24-/m1/s1. The summed E-state index contributed by atoms with van der Waals surface area (Å²) >= 11 is 0. The summed E-state index contributed by atoms with van der Waals surface area (Å²) in [4.78, 5) is 29.1. The van der Waals surface area contributed by atoms with Crippen molar-refractivity contribution in [3.05, 3.63) is 77.7 Å². The van der Waals surface area contributed by atoms with Crippen molar-refractivity contribution in [3.63, 3.8) is 0 Å². The van der Waals surface area contributed by atoms with E-state index in [0.717, 1.165) is 31.2 Å². The minimum absolute atomic E-state index is 0.0742. The largest absolute Gasteiger partial charge is 0.493 e. The van der Waals surface area contributed by atoms with E-state index in [4.69, 9.17) is 13.9 Å². The van der Waals surface area contributed by atoms with Gasteiger partial charge in [0.1, 0.15) is 6.04 Å². The molecule has 1 aromatic heterocycles. The molecule has 2 aromatic carbocycles. The number of hydrogen-bond acceptors (Lipinski definition) is 5. The Bertz CT molecular complexity index is 1120. The Hall–Kier alpha value is -3.74. The molecule has 34 heavy (non-hydrogen) atoms. The van der Waals surface area contributed by atoms with Gasteiger partial charge in [0.15, 0.2) is 17.3 Å². The number of amides is 2. The average molecular weight is 463 g/mol. The molecule has 178 valence electrons. The lowest BCUT2D eigenvalue weighted by molar-refractivity contribution is -0.123. The third-order valence-electron chi connectivity index (χ3n) is 6.20. The van der Waals surface area contributed by atoms with Gasteiger partial charge in [0.05, 0.1) is 20.5 Å². The molecule has 0 radical (unpaired) electrons. The number of methoxy groups -OCH3 is 2. The Morgan fingerprint density at radius 3 is 2.35 bits per heavy atom. The highest BCUT2D eigenvalue weighted by atomic mass is 16.5. The zero-order valence-electron chi connectivity index (χ0n) is 19.7. The number of anilines is 1. The summed E-state index contributed by atoms with van der Waals surface area (Å²) in [6.45, 7) is 1.97. The molecule has 1 fully saturated rings. The Kier molecular flexibility index (Phi) is 7.21. The molecule has 7 nitrogen and oxygen atoms in total. The van der Waals surface area contributed by atoms with Gasteiger partial charge in [-0.15, -0.1) is 0 Å². The Balaban J connectivity index is 1.88. The van der Waals surface area contributed by atoms with Gasteiger partial charge >= 0.3 is 0 Å². The van der Waals surface area contributed by atoms with E-state index in [0.29, 0.717) is 22.7 Å². The summed E-state index contributed by atoms with van der Waals surface area (Å²) in [6, 6.07) is 15.1. The van der Waals surface area contributed by atoms with E-state index >= 15 is 0 Å². The Morgan fingerprint density at radius 1 is 1.00 bits per heavy atom. The smallest absolute Gasteiger partial charge is 0.294 e. The molecule has 1 heterocycles. The second-order valence-electron chi connectivity index (χ2n) is 8.46. The monoisotopic (exact) mass is 462 g/mol. The van der Waals surface area contributed by atoms with Crippen LogP contribution in [0.15, 0.2) is 65.3 Å². The van der Waals surface area contributed by atoms with Crippen LogP contribution in [0, 0.1) is 6.92 Å². The van der Waals surface area contributed by atoms with Gasteiger partial charge in [-0.2, -0.15) is 0 Å². The van der Waals surface area contributed by atoms with Crippen LogP contribution in [0.2, 0.25) is 0 Å². The fourth-order valence-electron chi connectivity index (χ4n) is 4.48. The molecule has 7 heteroatoms. The van der Waals surface area contributed by atoms with Crippen LogP contribution < -0.4 is 19.7 Å². The molecule has 0 saturated heterocycles. The SMILES string of the molecule is COc1cccc([C@H](C(=O)NC2CCCC2)N(C(=O)c2ccco2)c2ccc(C)cc2)c1OC. The van der Waals surface area contributed by atoms with E-state index in [9.17, 15) is 9.59 Å². The second-order valence-corrected chi connectivity index (χ2v) is 8.46. The number of nitrogens with zero attached hydrogens (tertiary/aromatic N) is 1. The number of carbonyl (C=O) groups excluding carboxylic acids is 2. The van der Waals surface area contributed by atoms with Crippen LogP contribution in [-0.4, -0.2) is 32.1 Å². The van der Waals surface area contributed by atoms with Crippen molar-refractivity contribution in [1.29, 1.82) is 0 Å². The van der Waals surface area contributed by atoms with Gasteiger partial charge in [-0.1, -0.05) is 42.7 Å². The number of benzene rings is 2. The number of rotatable bonds is 8. The zero-order chi connectivity index (χ0) is 24.1. The van der Waals surface area contributed by atoms with Crippen molar-refractivity contribution in [2.75, 3.05) is 19.1 Å². The highest BCUT2D eigenvalue weighted by Crippen LogP contribution is 2.40. The fourth-order valence-corrected chi connectivity index (χ4v) is 4.48. The van der Waals surface area contributed by atoms with E-state index in [1.54, 1.807) is 37.4 Å². The molecule has 1 N–H and O–H groups in total. The first kappa shape index (κ1) is 23.4. The van der Waals surface area contributed by atoms with Gasteiger partial charge < -0.3 is 19.2 Å². The summed E-state index contributed by atoms with van der Waals surface area (Å²) in [7, 11) is 3.07. The van der Waals surface area contributed by atoms with Gasteiger partial charge in [-0.25, -0.2) is 0 Å². The van der Waals surface area contributed by atoms with Crippen molar-refractivity contribution in [2.24, 2.45) is 0 Å². The van der Waals surface area contributed by atoms with Crippen LogP contribution in [0.3, 0.4) is 0 Å². The van der Waals surface area contributed by atoms with E-state index in [1.807, 2.05) is 31.2 Å². The predicted molar refractivity (Wildman–Crippen MR) is 129 cm³/mol. The van der Waals surface area contributed by atoms with Crippen LogP contribution in [0.1, 0.15) is 53.4 Å². The average Bonchev–Trinajstić information content (AvgIpc) is 3.57. The second kappa shape index (κ2) is 10.5. The number of furan rings is 1. The molecule has 0 unspecified atom stereocenters. The molecule has 1 aliphatic carbocycles. The minimum Gasteiger partial charge on any atom is -0.493 e. The van der Waals surface area contributed by atoms with Crippen molar-refractivity contribution in [3.8, 4) is 11.5 Å². The highest BCUT2D eigenvalue weighted by molar-refractivity contribution is 6.09. The maximum absolute atomic E-state index is 13.9. The van der Waals surface area contributed by atoms with E-state index in [2.05, 4.69) is 5.32 Å².